The van der Waals surface area contributed by atoms with Gasteiger partial charge in [0.25, 0.3) is 8.32 Å². The summed E-state index contributed by atoms with van der Waals surface area (Å²) in [5.41, 5.74) is 4.99. The van der Waals surface area contributed by atoms with E-state index in [1.54, 1.807) is 0 Å². The summed E-state index contributed by atoms with van der Waals surface area (Å²) in [5, 5.41) is 0.233. The molecule has 1 atom stereocenters. The Kier molecular flexibility index (Phi) is 4.29. The van der Waals surface area contributed by atoms with Gasteiger partial charge in [-0.2, -0.15) is 0 Å². The maximum absolute atomic E-state index is 6.59. The van der Waals surface area contributed by atoms with Crippen LogP contribution in [-0.2, 0) is 0 Å². The Morgan fingerprint density at radius 3 is 2.29 bits per heavy atom. The quantitative estimate of drug-likeness (QED) is 0.634. The van der Waals surface area contributed by atoms with E-state index >= 15 is 0 Å². The van der Waals surface area contributed by atoms with Gasteiger partial charge in [0.05, 0.1) is 8.80 Å². The molecule has 1 nitrogen and oxygen atoms in total. The van der Waals surface area contributed by atoms with Gasteiger partial charge in [-0.25, -0.2) is 0 Å². The van der Waals surface area contributed by atoms with Crippen molar-refractivity contribution in [1.29, 1.82) is 0 Å². The highest BCUT2D eigenvalue weighted by Gasteiger charge is 2.40. The zero-order chi connectivity index (χ0) is 16.0. The van der Waals surface area contributed by atoms with E-state index in [0.29, 0.717) is 5.54 Å². The molecule has 1 aliphatic carbocycles. The Morgan fingerprint density at radius 1 is 1.14 bits per heavy atom. The highest BCUT2D eigenvalue weighted by molar-refractivity contribution is 6.74. The monoisotopic (exact) mass is 317 g/mol. The molecule has 1 aliphatic rings. The van der Waals surface area contributed by atoms with Gasteiger partial charge in [-0.1, -0.05) is 57.6 Å². The second-order valence-corrected chi connectivity index (χ2v) is 15.5. The molecule has 0 saturated carbocycles. The predicted molar refractivity (Wildman–Crippen MR) is 98.1 cm³/mol. The Bertz CT molecular complexity index is 565. The molecule has 0 N–H and O–H groups in total. The summed E-state index contributed by atoms with van der Waals surface area (Å²) in [6, 6.07) is 6.62. The van der Waals surface area contributed by atoms with Crippen molar-refractivity contribution >= 4 is 23.2 Å². The van der Waals surface area contributed by atoms with E-state index in [1.807, 2.05) is 0 Å². The average molecular weight is 318 g/mol. The van der Waals surface area contributed by atoms with Crippen LogP contribution in [0, 0.1) is 0 Å². The Morgan fingerprint density at radius 2 is 1.76 bits per heavy atom. The third-order valence-corrected chi connectivity index (χ3v) is 11.3. The largest absolute Gasteiger partial charge is 0.543 e. The maximum Gasteiger partial charge on any atom is 0.250 e. The van der Waals surface area contributed by atoms with Crippen LogP contribution in [0.4, 0.5) is 0 Å². The zero-order valence-corrected chi connectivity index (χ0v) is 16.8. The number of fused-ring (bicyclic) bond motifs is 1. The fraction of sp³-hybridized carbons (Fsp3) is 0.556. The first kappa shape index (κ1) is 16.6. The highest BCUT2D eigenvalue weighted by atomic mass is 28.4. The minimum atomic E-state index is -1.78. The molecule has 1 aromatic carbocycles. The minimum Gasteiger partial charge on any atom is -0.543 e. The van der Waals surface area contributed by atoms with Crippen molar-refractivity contribution in [2.75, 3.05) is 0 Å². The standard InChI is InChI=1S/C18H29OSi2/c1-13-12-15-14(17(13)20(5)6)10-9-11-16(15)19-21(7,8)18(2,3)4/h9-12,17H,1-8H3. The molecule has 0 fully saturated rings. The Labute approximate surface area is 133 Å². The third-order valence-electron chi connectivity index (χ3n) is 4.99. The molecule has 115 valence electrons. The van der Waals surface area contributed by atoms with Crippen molar-refractivity contribution in [1.82, 2.24) is 0 Å². The molecule has 0 bridgehead atoms. The van der Waals surface area contributed by atoms with Gasteiger partial charge in [-0.15, -0.1) is 0 Å². The molecule has 0 aromatic heterocycles. The number of allylic oxidation sites excluding steroid dienone is 1. The van der Waals surface area contributed by atoms with Gasteiger partial charge in [0.1, 0.15) is 5.75 Å². The van der Waals surface area contributed by atoms with Gasteiger partial charge in [0, 0.05) is 5.56 Å². The Hall–Kier alpha value is -0.806. The number of hydrogen-bond donors (Lipinski definition) is 0. The van der Waals surface area contributed by atoms with Crippen molar-refractivity contribution in [3.63, 3.8) is 0 Å². The van der Waals surface area contributed by atoms with Gasteiger partial charge in [-0.05, 0) is 42.2 Å². The van der Waals surface area contributed by atoms with E-state index in [1.165, 1.54) is 16.7 Å². The third kappa shape index (κ3) is 3.04. The first-order valence-corrected chi connectivity index (χ1v) is 13.3. The maximum atomic E-state index is 6.59. The van der Waals surface area contributed by atoms with Gasteiger partial charge < -0.3 is 4.43 Å². The van der Waals surface area contributed by atoms with Crippen LogP contribution >= 0.6 is 0 Å². The predicted octanol–water partition coefficient (Wildman–Crippen LogP) is 5.86. The molecule has 0 saturated heterocycles. The van der Waals surface area contributed by atoms with E-state index in [0.717, 1.165) is 5.75 Å². The molecule has 1 aromatic rings. The summed E-state index contributed by atoms with van der Waals surface area (Å²) in [6.45, 7) is 18.6. The van der Waals surface area contributed by atoms with Crippen molar-refractivity contribution in [3.8, 4) is 5.75 Å². The molecule has 1 unspecified atom stereocenters. The van der Waals surface area contributed by atoms with Gasteiger partial charge in [-0.3, -0.25) is 0 Å². The van der Waals surface area contributed by atoms with Crippen LogP contribution in [0.2, 0.25) is 31.2 Å². The van der Waals surface area contributed by atoms with Crippen molar-refractivity contribution in [2.24, 2.45) is 0 Å². The van der Waals surface area contributed by atoms with Crippen molar-refractivity contribution in [3.05, 3.63) is 34.9 Å². The summed E-state index contributed by atoms with van der Waals surface area (Å²) in [5.74, 6) is 1.10. The van der Waals surface area contributed by atoms with Gasteiger partial charge in [0.15, 0.2) is 0 Å². The van der Waals surface area contributed by atoms with E-state index in [-0.39, 0.29) is 13.8 Å². The summed E-state index contributed by atoms with van der Waals surface area (Å²) in [6.07, 6.45) is 2.36. The lowest BCUT2D eigenvalue weighted by atomic mass is 10.1. The average Bonchev–Trinajstić information content (AvgIpc) is 2.64. The zero-order valence-electron chi connectivity index (χ0n) is 14.8. The molecule has 2 rings (SSSR count). The minimum absolute atomic E-state index is 0.233. The van der Waals surface area contributed by atoms with E-state index in [9.17, 15) is 0 Å². The van der Waals surface area contributed by atoms with Crippen LogP contribution in [0.3, 0.4) is 0 Å². The van der Waals surface area contributed by atoms with E-state index in [2.05, 4.69) is 78.2 Å². The topological polar surface area (TPSA) is 9.23 Å². The Balaban J connectivity index is 2.42. The van der Waals surface area contributed by atoms with Crippen LogP contribution in [0.25, 0.3) is 6.08 Å². The number of rotatable bonds is 3. The second-order valence-electron chi connectivity index (χ2n) is 8.02. The summed E-state index contributed by atoms with van der Waals surface area (Å²) in [4.78, 5) is 0. The molecule has 1 radical (unpaired) electrons. The lowest BCUT2D eigenvalue weighted by molar-refractivity contribution is 0.491. The lowest BCUT2D eigenvalue weighted by Gasteiger charge is -2.37. The van der Waals surface area contributed by atoms with Gasteiger partial charge >= 0.3 is 0 Å². The van der Waals surface area contributed by atoms with Crippen LogP contribution in [0.1, 0.15) is 44.4 Å². The van der Waals surface area contributed by atoms with E-state index in [4.69, 9.17) is 4.43 Å². The summed E-state index contributed by atoms with van der Waals surface area (Å²) in [7, 11) is -2.15. The number of hydrogen-bond acceptors (Lipinski definition) is 1. The van der Waals surface area contributed by atoms with E-state index < -0.39 is 8.32 Å². The SMILES string of the molecule is CC1=Cc2c(O[Si](C)(C)C(C)(C)C)cccc2C1[Si](C)C. The molecular formula is C18H29OSi2. The smallest absolute Gasteiger partial charge is 0.250 e. The molecule has 0 spiro atoms. The highest BCUT2D eigenvalue weighted by Crippen LogP contribution is 2.44. The molecular weight excluding hydrogens is 288 g/mol. The molecule has 0 heterocycles. The first-order valence-electron chi connectivity index (χ1n) is 7.85. The van der Waals surface area contributed by atoms with Crippen molar-refractivity contribution < 1.29 is 4.43 Å². The lowest BCUT2D eigenvalue weighted by Crippen LogP contribution is -2.44. The van der Waals surface area contributed by atoms with Crippen LogP contribution in [0.15, 0.2) is 23.8 Å². The fourth-order valence-electron chi connectivity index (χ4n) is 2.81. The van der Waals surface area contributed by atoms with Crippen LogP contribution < -0.4 is 4.43 Å². The van der Waals surface area contributed by atoms with Crippen molar-refractivity contribution in [2.45, 2.75) is 64.5 Å². The molecule has 0 amide bonds. The molecule has 21 heavy (non-hydrogen) atoms. The molecule has 3 heteroatoms. The first-order chi connectivity index (χ1) is 9.54. The van der Waals surface area contributed by atoms with Gasteiger partial charge in [0.2, 0.25) is 0 Å². The van der Waals surface area contributed by atoms with Crippen LogP contribution in [-0.4, -0.2) is 17.1 Å². The fourth-order valence-corrected chi connectivity index (χ4v) is 5.71. The second kappa shape index (κ2) is 5.43. The van der Waals surface area contributed by atoms with Crippen LogP contribution in [0.5, 0.6) is 5.75 Å². The normalized spacial score (nSPS) is 18.7. The summed E-state index contributed by atoms with van der Waals surface area (Å²) < 4.78 is 6.59. The summed E-state index contributed by atoms with van der Waals surface area (Å²) >= 11 is 0. The number of benzene rings is 1. The molecule has 0 aliphatic heterocycles.